The highest BCUT2D eigenvalue weighted by Crippen LogP contribution is 2.40. The number of rotatable bonds is 4. The summed E-state index contributed by atoms with van der Waals surface area (Å²) in [6.07, 6.45) is -3.56. The second-order valence-electron chi connectivity index (χ2n) is 3.86. The Kier molecular flexibility index (Phi) is 3.97. The molecule has 0 radical (unpaired) electrons. The van der Waals surface area contributed by atoms with Crippen LogP contribution in [0.15, 0.2) is 0 Å². The van der Waals surface area contributed by atoms with Crippen LogP contribution in [0, 0.1) is 0 Å². The zero-order chi connectivity index (χ0) is 11.5. The minimum absolute atomic E-state index is 0.0115. The Bertz CT molecular complexity index is 210. The van der Waals surface area contributed by atoms with E-state index in [-0.39, 0.29) is 13.0 Å². The lowest BCUT2D eigenvalue weighted by atomic mass is 10.0. The number of methoxy groups -OCH3 is 1. The number of nitrogens with zero attached hydrogens (tertiary/aromatic N) is 1. The van der Waals surface area contributed by atoms with E-state index in [1.807, 2.05) is 0 Å². The molecule has 3 nitrogen and oxygen atoms in total. The molecule has 0 aromatic heterocycles. The van der Waals surface area contributed by atoms with Crippen molar-refractivity contribution >= 4 is 0 Å². The van der Waals surface area contributed by atoms with Crippen molar-refractivity contribution in [2.24, 2.45) is 5.73 Å². The number of hydrogen-bond acceptors (Lipinski definition) is 3. The Balaban J connectivity index is 2.57. The first-order valence-electron chi connectivity index (χ1n) is 4.99. The summed E-state index contributed by atoms with van der Waals surface area (Å²) in [5.74, 6) is 0. The van der Waals surface area contributed by atoms with Crippen molar-refractivity contribution < 1.29 is 17.9 Å². The normalized spacial score (nSPS) is 28.6. The fraction of sp³-hybridized carbons (Fsp3) is 1.00. The molecule has 15 heavy (non-hydrogen) atoms. The molecule has 1 rings (SSSR count). The summed E-state index contributed by atoms with van der Waals surface area (Å²) in [6.45, 7) is 1.46. The zero-order valence-corrected chi connectivity index (χ0v) is 8.81. The van der Waals surface area contributed by atoms with Crippen molar-refractivity contribution in [3.05, 3.63) is 0 Å². The van der Waals surface area contributed by atoms with E-state index < -0.39 is 11.8 Å². The molecule has 1 fully saturated rings. The van der Waals surface area contributed by atoms with Gasteiger partial charge in [-0.05, 0) is 25.9 Å². The molecule has 1 atom stereocenters. The molecule has 0 aromatic carbocycles. The van der Waals surface area contributed by atoms with Crippen LogP contribution in [-0.2, 0) is 4.74 Å². The van der Waals surface area contributed by atoms with Gasteiger partial charge in [-0.3, -0.25) is 4.90 Å². The number of halogens is 3. The lowest BCUT2D eigenvalue weighted by molar-refractivity contribution is -0.263. The average molecular weight is 226 g/mol. The molecule has 0 spiro atoms. The van der Waals surface area contributed by atoms with E-state index in [1.54, 1.807) is 4.90 Å². The first kappa shape index (κ1) is 12.7. The monoisotopic (exact) mass is 226 g/mol. The number of nitrogens with two attached hydrogens (primary N) is 1. The molecule has 0 amide bonds. The Labute approximate surface area is 87.4 Å². The van der Waals surface area contributed by atoms with Crippen LogP contribution < -0.4 is 5.73 Å². The minimum atomic E-state index is -4.29. The number of alkyl halides is 3. The van der Waals surface area contributed by atoms with E-state index >= 15 is 0 Å². The zero-order valence-electron chi connectivity index (χ0n) is 8.81. The summed E-state index contributed by atoms with van der Waals surface area (Å²) < 4.78 is 42.9. The van der Waals surface area contributed by atoms with E-state index in [4.69, 9.17) is 5.73 Å². The third kappa shape index (κ3) is 2.62. The molecule has 0 aromatic rings. The predicted molar refractivity (Wildman–Crippen MR) is 50.5 cm³/mol. The van der Waals surface area contributed by atoms with Gasteiger partial charge in [0.05, 0.1) is 0 Å². The highest BCUT2D eigenvalue weighted by molar-refractivity contribution is 4.97. The summed E-state index contributed by atoms with van der Waals surface area (Å²) in [5.41, 5.74) is 3.34. The molecule has 2 N–H and O–H groups in total. The van der Waals surface area contributed by atoms with Crippen LogP contribution in [0.1, 0.15) is 12.8 Å². The van der Waals surface area contributed by atoms with Gasteiger partial charge in [-0.1, -0.05) is 0 Å². The maximum absolute atomic E-state index is 12.7. The van der Waals surface area contributed by atoms with Crippen LogP contribution >= 0.6 is 0 Å². The van der Waals surface area contributed by atoms with Gasteiger partial charge in [0, 0.05) is 20.2 Å². The van der Waals surface area contributed by atoms with Gasteiger partial charge in [0.2, 0.25) is 0 Å². The van der Waals surface area contributed by atoms with E-state index in [0.717, 1.165) is 13.5 Å². The lowest BCUT2D eigenvalue weighted by Crippen LogP contribution is -2.49. The van der Waals surface area contributed by atoms with Gasteiger partial charge >= 0.3 is 6.18 Å². The van der Waals surface area contributed by atoms with E-state index in [9.17, 15) is 13.2 Å². The Morgan fingerprint density at radius 3 is 2.53 bits per heavy atom. The Morgan fingerprint density at radius 2 is 2.13 bits per heavy atom. The van der Waals surface area contributed by atoms with Gasteiger partial charge in [0.1, 0.15) is 0 Å². The SMILES string of the molecule is CO[C@]1(C(F)(F)F)CCN(CCCN)C1. The molecule has 0 bridgehead atoms. The maximum atomic E-state index is 12.7. The molecule has 1 heterocycles. The molecule has 90 valence electrons. The van der Waals surface area contributed by atoms with E-state index in [1.165, 1.54) is 0 Å². The van der Waals surface area contributed by atoms with Crippen molar-refractivity contribution in [1.82, 2.24) is 4.90 Å². The largest absolute Gasteiger partial charge is 0.418 e. The molecular formula is C9H17F3N2O. The summed E-state index contributed by atoms with van der Waals surface area (Å²) in [4.78, 5) is 1.75. The van der Waals surface area contributed by atoms with Gasteiger partial charge in [0.15, 0.2) is 5.60 Å². The molecule has 0 saturated carbocycles. The molecule has 1 aliphatic heterocycles. The van der Waals surface area contributed by atoms with Gasteiger partial charge in [-0.25, -0.2) is 0 Å². The number of ether oxygens (including phenoxy) is 1. The van der Waals surface area contributed by atoms with Crippen LogP contribution in [0.3, 0.4) is 0 Å². The van der Waals surface area contributed by atoms with E-state index in [2.05, 4.69) is 4.74 Å². The van der Waals surface area contributed by atoms with Crippen LogP contribution in [0.25, 0.3) is 0 Å². The van der Waals surface area contributed by atoms with Crippen molar-refractivity contribution in [2.75, 3.05) is 33.3 Å². The Morgan fingerprint density at radius 1 is 1.47 bits per heavy atom. The summed E-state index contributed by atoms with van der Waals surface area (Å²) in [6, 6.07) is 0. The number of likely N-dealkylation sites (tertiary alicyclic amines) is 1. The summed E-state index contributed by atoms with van der Waals surface area (Å²) in [7, 11) is 1.12. The van der Waals surface area contributed by atoms with Crippen molar-refractivity contribution in [2.45, 2.75) is 24.6 Å². The highest BCUT2D eigenvalue weighted by Gasteiger charge is 2.58. The van der Waals surface area contributed by atoms with Gasteiger partial charge in [-0.15, -0.1) is 0 Å². The van der Waals surface area contributed by atoms with Crippen molar-refractivity contribution in [1.29, 1.82) is 0 Å². The first-order valence-corrected chi connectivity index (χ1v) is 4.99. The molecule has 1 aliphatic rings. The highest BCUT2D eigenvalue weighted by atomic mass is 19.4. The predicted octanol–water partition coefficient (Wildman–Crippen LogP) is 0.988. The van der Waals surface area contributed by atoms with Gasteiger partial charge in [-0.2, -0.15) is 13.2 Å². The minimum Gasteiger partial charge on any atom is -0.367 e. The van der Waals surface area contributed by atoms with Crippen LogP contribution in [0.5, 0.6) is 0 Å². The quantitative estimate of drug-likeness (QED) is 0.777. The topological polar surface area (TPSA) is 38.5 Å². The standard InChI is InChI=1S/C9H17F3N2O/c1-15-8(9(10,11)12)3-6-14(7-8)5-2-4-13/h2-7,13H2,1H3/t8-/m1/s1. The van der Waals surface area contributed by atoms with Gasteiger partial charge < -0.3 is 10.5 Å². The van der Waals surface area contributed by atoms with Crippen molar-refractivity contribution in [3.8, 4) is 0 Å². The first-order chi connectivity index (χ1) is 6.95. The Hall–Kier alpha value is -0.330. The lowest BCUT2D eigenvalue weighted by Gasteiger charge is -2.30. The third-order valence-electron chi connectivity index (χ3n) is 2.90. The van der Waals surface area contributed by atoms with Crippen molar-refractivity contribution in [3.63, 3.8) is 0 Å². The second kappa shape index (κ2) is 4.67. The summed E-state index contributed by atoms with van der Waals surface area (Å²) in [5, 5.41) is 0. The van der Waals surface area contributed by atoms with Crippen LogP contribution in [0.4, 0.5) is 13.2 Å². The van der Waals surface area contributed by atoms with Crippen LogP contribution in [-0.4, -0.2) is 50.0 Å². The fourth-order valence-electron chi connectivity index (χ4n) is 1.88. The average Bonchev–Trinajstić information content (AvgIpc) is 2.58. The smallest absolute Gasteiger partial charge is 0.367 e. The van der Waals surface area contributed by atoms with E-state index in [0.29, 0.717) is 19.6 Å². The van der Waals surface area contributed by atoms with Gasteiger partial charge in [0.25, 0.3) is 0 Å². The third-order valence-corrected chi connectivity index (χ3v) is 2.90. The molecular weight excluding hydrogens is 209 g/mol. The molecule has 6 heteroatoms. The van der Waals surface area contributed by atoms with Crippen LogP contribution in [0.2, 0.25) is 0 Å². The molecule has 0 unspecified atom stereocenters. The maximum Gasteiger partial charge on any atom is 0.418 e. The molecule has 1 saturated heterocycles. The fourth-order valence-corrected chi connectivity index (χ4v) is 1.88. The number of hydrogen-bond donors (Lipinski definition) is 1. The molecule has 0 aliphatic carbocycles. The second-order valence-corrected chi connectivity index (χ2v) is 3.86. The summed E-state index contributed by atoms with van der Waals surface area (Å²) >= 11 is 0.